The number of rotatable bonds is 3. The maximum atomic E-state index is 12.3. The first kappa shape index (κ1) is 14.4. The molecule has 2 heterocycles. The van der Waals surface area contributed by atoms with Gasteiger partial charge in [-0.15, -0.1) is 21.5 Å². The van der Waals surface area contributed by atoms with E-state index in [1.165, 1.54) is 17.7 Å². The zero-order valence-corrected chi connectivity index (χ0v) is 13.2. The van der Waals surface area contributed by atoms with Crippen molar-refractivity contribution >= 4 is 22.9 Å². The van der Waals surface area contributed by atoms with Gasteiger partial charge in [0.25, 0.3) is 5.91 Å². The SMILES string of the molecule is Cc1nc(C)c(C(=O)Nc2ccc(-c3nnco3)cc2C)s1. The number of carbonyl (C=O) groups is 1. The van der Waals surface area contributed by atoms with E-state index in [0.29, 0.717) is 10.8 Å². The number of carbonyl (C=O) groups excluding carboxylic acids is 1. The Morgan fingerprint density at radius 2 is 2.09 bits per heavy atom. The van der Waals surface area contributed by atoms with E-state index in [-0.39, 0.29) is 5.91 Å². The molecule has 0 saturated carbocycles. The molecule has 0 bridgehead atoms. The first-order valence-electron chi connectivity index (χ1n) is 6.67. The van der Waals surface area contributed by atoms with Crippen LogP contribution >= 0.6 is 11.3 Å². The molecule has 0 radical (unpaired) electrons. The molecule has 1 amide bonds. The lowest BCUT2D eigenvalue weighted by molar-refractivity contribution is 0.102. The fraction of sp³-hybridized carbons (Fsp3) is 0.200. The zero-order chi connectivity index (χ0) is 15.7. The highest BCUT2D eigenvalue weighted by molar-refractivity contribution is 7.13. The Labute approximate surface area is 131 Å². The molecule has 0 atom stereocenters. The van der Waals surface area contributed by atoms with Crippen LogP contribution in [0.3, 0.4) is 0 Å². The first-order valence-corrected chi connectivity index (χ1v) is 7.49. The van der Waals surface area contributed by atoms with E-state index in [9.17, 15) is 4.79 Å². The molecule has 0 aliphatic carbocycles. The lowest BCUT2D eigenvalue weighted by Gasteiger charge is -2.08. The van der Waals surface area contributed by atoms with Crippen molar-refractivity contribution in [2.45, 2.75) is 20.8 Å². The first-order chi connectivity index (χ1) is 10.5. The third-order valence-electron chi connectivity index (χ3n) is 3.19. The second-order valence-corrected chi connectivity index (χ2v) is 6.08. The molecule has 3 aromatic rings. The van der Waals surface area contributed by atoms with E-state index in [4.69, 9.17) is 4.42 Å². The topological polar surface area (TPSA) is 80.9 Å². The van der Waals surface area contributed by atoms with Crippen LogP contribution in [0.1, 0.15) is 25.9 Å². The van der Waals surface area contributed by atoms with Gasteiger partial charge in [-0.05, 0) is 44.5 Å². The van der Waals surface area contributed by atoms with Gasteiger partial charge in [-0.25, -0.2) is 4.98 Å². The predicted octanol–water partition coefficient (Wildman–Crippen LogP) is 3.37. The van der Waals surface area contributed by atoms with Crippen LogP contribution in [0.4, 0.5) is 5.69 Å². The predicted molar refractivity (Wildman–Crippen MR) is 84.0 cm³/mol. The minimum Gasteiger partial charge on any atom is -0.423 e. The highest BCUT2D eigenvalue weighted by Crippen LogP contribution is 2.25. The van der Waals surface area contributed by atoms with E-state index in [0.717, 1.165) is 27.5 Å². The van der Waals surface area contributed by atoms with Crippen LogP contribution < -0.4 is 5.32 Å². The van der Waals surface area contributed by atoms with Crippen LogP contribution in [-0.2, 0) is 0 Å². The number of nitrogens with one attached hydrogen (secondary N) is 1. The Kier molecular flexibility index (Phi) is 3.72. The minimum atomic E-state index is -0.142. The van der Waals surface area contributed by atoms with Crippen LogP contribution in [0.15, 0.2) is 29.0 Å². The molecule has 1 aromatic carbocycles. The molecule has 0 aliphatic rings. The van der Waals surface area contributed by atoms with Gasteiger partial charge in [0.15, 0.2) is 0 Å². The molecule has 0 saturated heterocycles. The van der Waals surface area contributed by atoms with Gasteiger partial charge in [0.05, 0.1) is 10.7 Å². The van der Waals surface area contributed by atoms with Gasteiger partial charge < -0.3 is 9.73 Å². The molecule has 0 unspecified atom stereocenters. The Hall–Kier alpha value is -2.54. The van der Waals surface area contributed by atoms with Crippen molar-refractivity contribution < 1.29 is 9.21 Å². The molecule has 0 fully saturated rings. The van der Waals surface area contributed by atoms with Crippen molar-refractivity contribution in [3.63, 3.8) is 0 Å². The second kappa shape index (κ2) is 5.69. The molecular weight excluding hydrogens is 300 g/mol. The summed E-state index contributed by atoms with van der Waals surface area (Å²) in [6.07, 6.45) is 1.29. The lowest BCUT2D eigenvalue weighted by Crippen LogP contribution is -2.12. The molecule has 2 aromatic heterocycles. The molecule has 1 N–H and O–H groups in total. The number of aromatic nitrogens is 3. The summed E-state index contributed by atoms with van der Waals surface area (Å²) in [6.45, 7) is 5.64. The molecular formula is C15H14N4O2S. The van der Waals surface area contributed by atoms with Gasteiger partial charge in [0, 0.05) is 11.3 Å². The maximum absolute atomic E-state index is 12.3. The van der Waals surface area contributed by atoms with Crippen molar-refractivity contribution in [3.05, 3.63) is 45.7 Å². The Bertz CT molecular complexity index is 824. The average molecular weight is 314 g/mol. The molecule has 7 heteroatoms. The largest absolute Gasteiger partial charge is 0.423 e. The molecule has 22 heavy (non-hydrogen) atoms. The van der Waals surface area contributed by atoms with Crippen LogP contribution in [0, 0.1) is 20.8 Å². The van der Waals surface area contributed by atoms with E-state index in [1.807, 2.05) is 39.0 Å². The van der Waals surface area contributed by atoms with Crippen molar-refractivity contribution in [1.82, 2.24) is 15.2 Å². The normalized spacial score (nSPS) is 10.7. The number of thiazole rings is 1. The van der Waals surface area contributed by atoms with Crippen molar-refractivity contribution in [1.29, 1.82) is 0 Å². The average Bonchev–Trinajstić information content (AvgIpc) is 3.10. The number of hydrogen-bond acceptors (Lipinski definition) is 6. The van der Waals surface area contributed by atoms with Crippen LogP contribution in [0.2, 0.25) is 0 Å². The van der Waals surface area contributed by atoms with E-state index in [2.05, 4.69) is 20.5 Å². The standard InChI is InChI=1S/C15H14N4O2S/c1-8-6-11(15-19-16-7-21-15)4-5-12(8)18-14(20)13-9(2)17-10(3)22-13/h4-7H,1-3H3,(H,18,20). The molecule has 3 rings (SSSR count). The van der Waals surface area contributed by atoms with Crippen molar-refractivity contribution in [2.75, 3.05) is 5.32 Å². The fourth-order valence-electron chi connectivity index (χ4n) is 2.16. The van der Waals surface area contributed by atoms with Gasteiger partial charge in [-0.3, -0.25) is 4.79 Å². The van der Waals surface area contributed by atoms with Crippen LogP contribution in [-0.4, -0.2) is 21.1 Å². The summed E-state index contributed by atoms with van der Waals surface area (Å²) in [5, 5.41) is 11.3. The van der Waals surface area contributed by atoms with Crippen LogP contribution in [0.5, 0.6) is 0 Å². The highest BCUT2D eigenvalue weighted by Gasteiger charge is 2.15. The summed E-state index contributed by atoms with van der Waals surface area (Å²) in [5.41, 5.74) is 3.24. The Morgan fingerprint density at radius 3 is 2.68 bits per heavy atom. The second-order valence-electron chi connectivity index (χ2n) is 4.88. The summed E-state index contributed by atoms with van der Waals surface area (Å²) in [7, 11) is 0. The molecule has 0 spiro atoms. The Morgan fingerprint density at radius 1 is 1.27 bits per heavy atom. The third kappa shape index (κ3) is 2.75. The fourth-order valence-corrected chi connectivity index (χ4v) is 2.97. The van der Waals surface area contributed by atoms with Crippen molar-refractivity contribution in [3.8, 4) is 11.5 Å². The molecule has 0 aliphatic heterocycles. The molecule has 112 valence electrons. The number of amides is 1. The number of anilines is 1. The van der Waals surface area contributed by atoms with Gasteiger partial charge in [-0.1, -0.05) is 0 Å². The third-order valence-corrected chi connectivity index (χ3v) is 4.26. The summed E-state index contributed by atoms with van der Waals surface area (Å²) in [6, 6.07) is 5.56. The number of hydrogen-bond donors (Lipinski definition) is 1. The van der Waals surface area contributed by atoms with Gasteiger partial charge >= 0.3 is 0 Å². The maximum Gasteiger partial charge on any atom is 0.267 e. The summed E-state index contributed by atoms with van der Waals surface area (Å²) >= 11 is 1.39. The van der Waals surface area contributed by atoms with Gasteiger partial charge in [0.2, 0.25) is 12.3 Å². The zero-order valence-electron chi connectivity index (χ0n) is 12.4. The van der Waals surface area contributed by atoms with E-state index in [1.54, 1.807) is 0 Å². The molecule has 6 nitrogen and oxygen atoms in total. The monoisotopic (exact) mass is 314 g/mol. The van der Waals surface area contributed by atoms with Gasteiger partial charge in [0.1, 0.15) is 4.88 Å². The van der Waals surface area contributed by atoms with E-state index >= 15 is 0 Å². The summed E-state index contributed by atoms with van der Waals surface area (Å²) in [4.78, 5) is 17.2. The lowest BCUT2D eigenvalue weighted by atomic mass is 10.1. The van der Waals surface area contributed by atoms with Crippen molar-refractivity contribution in [2.24, 2.45) is 0 Å². The number of benzene rings is 1. The highest BCUT2D eigenvalue weighted by atomic mass is 32.1. The Balaban J connectivity index is 1.84. The van der Waals surface area contributed by atoms with Gasteiger partial charge in [-0.2, -0.15) is 0 Å². The van der Waals surface area contributed by atoms with E-state index < -0.39 is 0 Å². The number of nitrogens with zero attached hydrogens (tertiary/aromatic N) is 3. The minimum absolute atomic E-state index is 0.142. The summed E-state index contributed by atoms with van der Waals surface area (Å²) < 4.78 is 5.17. The smallest absolute Gasteiger partial charge is 0.267 e. The van der Waals surface area contributed by atoms with Crippen LogP contribution in [0.25, 0.3) is 11.5 Å². The number of aryl methyl sites for hydroxylation is 3. The summed E-state index contributed by atoms with van der Waals surface area (Å²) in [5.74, 6) is 0.312. The quantitative estimate of drug-likeness (QED) is 0.801.